The lowest BCUT2D eigenvalue weighted by molar-refractivity contribution is -0.133. The zero-order valence-electron chi connectivity index (χ0n) is 11.1. The summed E-state index contributed by atoms with van der Waals surface area (Å²) in [7, 11) is 0. The molecule has 0 saturated heterocycles. The predicted octanol–water partition coefficient (Wildman–Crippen LogP) is 4.97. The predicted molar refractivity (Wildman–Crippen MR) is 71.8 cm³/mol. The summed E-state index contributed by atoms with van der Waals surface area (Å²) in [5.41, 5.74) is 0. The second-order valence-electron chi connectivity index (χ2n) is 4.33. The minimum atomic E-state index is -2.18. The Balaban J connectivity index is 3.12. The van der Waals surface area contributed by atoms with Crippen LogP contribution < -0.4 is 0 Å². The molecule has 0 atom stereocenters. The minimum absolute atomic E-state index is 0.000439. The molecule has 0 aromatic rings. The van der Waals surface area contributed by atoms with Crippen molar-refractivity contribution in [3.8, 4) is 0 Å². The first kappa shape index (κ1) is 17.7. The van der Waals surface area contributed by atoms with Crippen molar-refractivity contribution in [1.82, 2.24) is 0 Å². The smallest absolute Gasteiger partial charge is 0.317 e. The van der Waals surface area contributed by atoms with E-state index in [2.05, 4.69) is 6.92 Å². The van der Waals surface area contributed by atoms with Crippen LogP contribution in [0.15, 0.2) is 0 Å². The largest absolute Gasteiger partial charge is 0.391 e. The SMILES string of the molecule is CCCCCC(=O)OSCCCCCCC(F)F. The summed E-state index contributed by atoms with van der Waals surface area (Å²) in [6.07, 6.45) is 4.61. The highest BCUT2D eigenvalue weighted by Crippen LogP contribution is 2.13. The fourth-order valence-electron chi connectivity index (χ4n) is 1.48. The Bertz CT molecular complexity index is 201. The summed E-state index contributed by atoms with van der Waals surface area (Å²) >= 11 is 1.19. The second kappa shape index (κ2) is 13.1. The maximum Gasteiger partial charge on any atom is 0.317 e. The fourth-order valence-corrected chi connectivity index (χ4v) is 2.10. The first-order valence-electron chi connectivity index (χ1n) is 6.77. The highest BCUT2D eigenvalue weighted by molar-refractivity contribution is 7.95. The maximum absolute atomic E-state index is 11.8. The molecule has 0 rings (SSSR count). The average Bonchev–Trinajstić information content (AvgIpc) is 2.32. The second-order valence-corrected chi connectivity index (χ2v) is 5.14. The fraction of sp³-hybridized carbons (Fsp3) is 0.923. The Morgan fingerprint density at radius 1 is 1.11 bits per heavy atom. The van der Waals surface area contributed by atoms with E-state index in [0.29, 0.717) is 12.8 Å². The summed E-state index contributed by atoms with van der Waals surface area (Å²) < 4.78 is 28.6. The molecule has 0 amide bonds. The van der Waals surface area contributed by atoms with Gasteiger partial charge < -0.3 is 4.18 Å². The van der Waals surface area contributed by atoms with Gasteiger partial charge in [-0.15, -0.1) is 0 Å². The van der Waals surface area contributed by atoms with Crippen LogP contribution in [0.1, 0.15) is 64.7 Å². The van der Waals surface area contributed by atoms with Gasteiger partial charge in [-0.25, -0.2) is 8.78 Å². The molecule has 0 fully saturated rings. The minimum Gasteiger partial charge on any atom is -0.391 e. The Hall–Kier alpha value is -0.320. The van der Waals surface area contributed by atoms with Crippen LogP contribution in [0.2, 0.25) is 0 Å². The molecule has 18 heavy (non-hydrogen) atoms. The standard InChI is InChI=1S/C13H24F2O2S/c1-2-3-6-10-13(16)17-18-11-8-5-4-7-9-12(14)15/h12H,2-11H2,1H3. The molecule has 0 heterocycles. The number of alkyl halides is 2. The number of rotatable bonds is 12. The molecule has 0 bridgehead atoms. The number of carbonyl (C=O) groups is 1. The molecule has 5 heteroatoms. The van der Waals surface area contributed by atoms with Crippen molar-refractivity contribution >= 4 is 18.0 Å². The highest BCUT2D eigenvalue weighted by Gasteiger charge is 2.03. The van der Waals surface area contributed by atoms with Gasteiger partial charge in [0.05, 0.1) is 12.0 Å². The van der Waals surface area contributed by atoms with Gasteiger partial charge in [-0.05, 0) is 19.3 Å². The third-order valence-corrected chi connectivity index (χ3v) is 3.30. The van der Waals surface area contributed by atoms with E-state index in [0.717, 1.165) is 44.3 Å². The zero-order chi connectivity index (χ0) is 13.6. The van der Waals surface area contributed by atoms with Crippen molar-refractivity contribution < 1.29 is 17.8 Å². The number of halogens is 2. The molecule has 0 unspecified atom stereocenters. The molecule has 0 aliphatic rings. The van der Waals surface area contributed by atoms with Gasteiger partial charge in [-0.1, -0.05) is 32.6 Å². The van der Waals surface area contributed by atoms with E-state index in [1.54, 1.807) is 0 Å². The Labute approximate surface area is 113 Å². The van der Waals surface area contributed by atoms with Gasteiger partial charge in [-0.2, -0.15) is 0 Å². The summed E-state index contributed by atoms with van der Waals surface area (Å²) in [5.74, 6) is 0.611. The van der Waals surface area contributed by atoms with E-state index in [1.807, 2.05) is 0 Å². The molecular weight excluding hydrogens is 258 g/mol. The van der Waals surface area contributed by atoms with Crippen LogP contribution in [0, 0.1) is 0 Å². The average molecular weight is 282 g/mol. The normalized spacial score (nSPS) is 10.9. The number of unbranched alkanes of at least 4 members (excludes halogenated alkanes) is 5. The molecule has 0 aliphatic heterocycles. The van der Waals surface area contributed by atoms with Crippen molar-refractivity contribution in [2.24, 2.45) is 0 Å². The van der Waals surface area contributed by atoms with Gasteiger partial charge in [0.25, 0.3) is 0 Å². The molecule has 0 aromatic heterocycles. The number of carbonyl (C=O) groups excluding carboxylic acids is 1. The van der Waals surface area contributed by atoms with Crippen molar-refractivity contribution in [3.63, 3.8) is 0 Å². The zero-order valence-corrected chi connectivity index (χ0v) is 11.9. The van der Waals surface area contributed by atoms with Gasteiger partial charge >= 0.3 is 5.97 Å². The van der Waals surface area contributed by atoms with Crippen molar-refractivity contribution in [1.29, 1.82) is 0 Å². The first-order chi connectivity index (χ1) is 8.66. The number of hydrogen-bond donors (Lipinski definition) is 0. The van der Waals surface area contributed by atoms with Crippen LogP contribution in [0.25, 0.3) is 0 Å². The van der Waals surface area contributed by atoms with Crippen molar-refractivity contribution in [2.75, 3.05) is 5.75 Å². The Morgan fingerprint density at radius 2 is 1.83 bits per heavy atom. The van der Waals surface area contributed by atoms with Crippen molar-refractivity contribution in [2.45, 2.75) is 71.1 Å². The van der Waals surface area contributed by atoms with Crippen LogP contribution in [0.3, 0.4) is 0 Å². The van der Waals surface area contributed by atoms with Crippen molar-refractivity contribution in [3.05, 3.63) is 0 Å². The van der Waals surface area contributed by atoms with E-state index >= 15 is 0 Å². The number of hydrogen-bond acceptors (Lipinski definition) is 3. The Morgan fingerprint density at radius 3 is 2.50 bits per heavy atom. The molecule has 0 aromatic carbocycles. The topological polar surface area (TPSA) is 26.3 Å². The van der Waals surface area contributed by atoms with Gasteiger partial charge in [0, 0.05) is 18.6 Å². The third kappa shape index (κ3) is 13.7. The molecular formula is C13H24F2O2S. The van der Waals surface area contributed by atoms with E-state index in [-0.39, 0.29) is 12.4 Å². The molecule has 108 valence electrons. The lowest BCUT2D eigenvalue weighted by atomic mass is 10.2. The van der Waals surface area contributed by atoms with Crippen LogP contribution in [0.5, 0.6) is 0 Å². The summed E-state index contributed by atoms with van der Waals surface area (Å²) in [5, 5.41) is 0. The van der Waals surface area contributed by atoms with Crippen LogP contribution in [0.4, 0.5) is 8.78 Å². The summed E-state index contributed by atoms with van der Waals surface area (Å²) in [6, 6.07) is 0. The van der Waals surface area contributed by atoms with Gasteiger partial charge in [0.15, 0.2) is 0 Å². The maximum atomic E-state index is 11.8. The first-order valence-corrected chi connectivity index (χ1v) is 7.68. The monoisotopic (exact) mass is 282 g/mol. The molecule has 0 aliphatic carbocycles. The molecule has 0 radical (unpaired) electrons. The van der Waals surface area contributed by atoms with Crippen LogP contribution in [-0.4, -0.2) is 18.1 Å². The van der Waals surface area contributed by atoms with Gasteiger partial charge in [-0.3, -0.25) is 4.79 Å². The van der Waals surface area contributed by atoms with E-state index in [1.165, 1.54) is 12.0 Å². The van der Waals surface area contributed by atoms with E-state index in [9.17, 15) is 13.6 Å². The van der Waals surface area contributed by atoms with E-state index < -0.39 is 6.43 Å². The molecule has 0 spiro atoms. The summed E-state index contributed by atoms with van der Waals surface area (Å²) in [6.45, 7) is 2.09. The molecule has 2 nitrogen and oxygen atoms in total. The van der Waals surface area contributed by atoms with Crippen LogP contribution >= 0.6 is 12.0 Å². The van der Waals surface area contributed by atoms with Gasteiger partial charge in [0.2, 0.25) is 6.43 Å². The molecule has 0 N–H and O–H groups in total. The quantitative estimate of drug-likeness (QED) is 0.373. The Kier molecular flexibility index (Phi) is 12.9. The van der Waals surface area contributed by atoms with Gasteiger partial charge in [0.1, 0.15) is 0 Å². The third-order valence-electron chi connectivity index (χ3n) is 2.54. The van der Waals surface area contributed by atoms with Crippen LogP contribution in [-0.2, 0) is 8.98 Å². The lowest BCUT2D eigenvalue weighted by Gasteiger charge is -2.03. The molecule has 0 saturated carbocycles. The lowest BCUT2D eigenvalue weighted by Crippen LogP contribution is -1.99. The highest BCUT2D eigenvalue weighted by atomic mass is 32.2. The summed E-state index contributed by atoms with van der Waals surface area (Å²) in [4.78, 5) is 11.2. The van der Waals surface area contributed by atoms with E-state index in [4.69, 9.17) is 4.18 Å².